The van der Waals surface area contributed by atoms with Crippen molar-refractivity contribution < 1.29 is 8.78 Å². The van der Waals surface area contributed by atoms with Crippen LogP contribution in [0.4, 0.5) is 8.78 Å². The fourth-order valence-electron chi connectivity index (χ4n) is 1.44. The van der Waals surface area contributed by atoms with Crippen LogP contribution in [0.5, 0.6) is 0 Å². The Labute approximate surface area is 90.6 Å². The van der Waals surface area contributed by atoms with E-state index in [1.165, 1.54) is 17.0 Å². The fourth-order valence-corrected chi connectivity index (χ4v) is 1.44. The van der Waals surface area contributed by atoms with Gasteiger partial charge >= 0.3 is 0 Å². The van der Waals surface area contributed by atoms with E-state index >= 15 is 0 Å². The number of nitriles is 1. The molecular weight excluding hydrogens is 212 g/mol. The van der Waals surface area contributed by atoms with E-state index in [4.69, 9.17) is 5.26 Å². The predicted molar refractivity (Wildman–Crippen MR) is 53.3 cm³/mol. The summed E-state index contributed by atoms with van der Waals surface area (Å²) in [5, 5.41) is 8.89. The van der Waals surface area contributed by atoms with Gasteiger partial charge in [-0.25, -0.2) is 13.8 Å². The molecule has 1 aromatic heterocycles. The van der Waals surface area contributed by atoms with Crippen LogP contribution in [0.1, 0.15) is 5.69 Å². The third-order valence-electron chi connectivity index (χ3n) is 2.23. The van der Waals surface area contributed by atoms with Gasteiger partial charge in [0.05, 0.1) is 6.33 Å². The quantitative estimate of drug-likeness (QED) is 0.738. The number of hydrogen-bond acceptors (Lipinski definition) is 2. The molecule has 0 spiro atoms. The van der Waals surface area contributed by atoms with Crippen LogP contribution >= 0.6 is 0 Å². The zero-order valence-corrected chi connectivity index (χ0v) is 8.41. The van der Waals surface area contributed by atoms with Gasteiger partial charge in [0.2, 0.25) is 0 Å². The Morgan fingerprint density at radius 1 is 1.38 bits per heavy atom. The van der Waals surface area contributed by atoms with Crippen molar-refractivity contribution in [1.82, 2.24) is 9.55 Å². The second-order valence-corrected chi connectivity index (χ2v) is 3.29. The zero-order valence-electron chi connectivity index (χ0n) is 8.41. The lowest BCUT2D eigenvalue weighted by molar-refractivity contribution is 0.585. The lowest BCUT2D eigenvalue weighted by Crippen LogP contribution is -1.93. The summed E-state index contributed by atoms with van der Waals surface area (Å²) in [5.41, 5.74) is 0.589. The van der Waals surface area contributed by atoms with E-state index in [-0.39, 0.29) is 17.0 Å². The molecule has 0 aliphatic rings. The summed E-state index contributed by atoms with van der Waals surface area (Å²) in [5.74, 6) is -1.38. The Kier molecular flexibility index (Phi) is 2.41. The zero-order chi connectivity index (χ0) is 11.7. The fraction of sp³-hybridized carbons (Fsp3) is 0.0909. The van der Waals surface area contributed by atoms with Crippen LogP contribution < -0.4 is 0 Å². The monoisotopic (exact) mass is 219 g/mol. The minimum absolute atomic E-state index is 0.124. The number of benzene rings is 1. The molecule has 0 saturated carbocycles. The largest absolute Gasteiger partial charge is 0.325 e. The number of nitrogens with zero attached hydrogens (tertiary/aromatic N) is 3. The molecule has 16 heavy (non-hydrogen) atoms. The molecule has 0 unspecified atom stereocenters. The molecule has 2 rings (SSSR count). The molecule has 1 heterocycles. The molecule has 0 radical (unpaired) electrons. The van der Waals surface area contributed by atoms with Crippen molar-refractivity contribution in [1.29, 1.82) is 5.26 Å². The van der Waals surface area contributed by atoms with Crippen molar-refractivity contribution in [2.24, 2.45) is 7.05 Å². The molecule has 2 aromatic rings. The summed E-state index contributed by atoms with van der Waals surface area (Å²) in [6.45, 7) is 0. The number of aryl methyl sites for hydroxylation is 1. The van der Waals surface area contributed by atoms with Gasteiger partial charge in [-0.2, -0.15) is 5.26 Å². The second kappa shape index (κ2) is 3.74. The Morgan fingerprint density at radius 2 is 2.12 bits per heavy atom. The highest BCUT2D eigenvalue weighted by molar-refractivity contribution is 5.65. The van der Waals surface area contributed by atoms with E-state index in [0.717, 1.165) is 12.1 Å². The molecule has 80 valence electrons. The number of hydrogen-bond donors (Lipinski definition) is 0. The van der Waals surface area contributed by atoms with E-state index in [9.17, 15) is 8.78 Å². The van der Waals surface area contributed by atoms with Gasteiger partial charge in [-0.05, 0) is 12.1 Å². The number of rotatable bonds is 1. The maximum atomic E-state index is 13.5. The molecular formula is C11H7F2N3. The summed E-state index contributed by atoms with van der Waals surface area (Å²) in [7, 11) is 1.64. The Bertz CT molecular complexity index is 581. The maximum absolute atomic E-state index is 13.5. The highest BCUT2D eigenvalue weighted by atomic mass is 19.1. The van der Waals surface area contributed by atoms with Crippen molar-refractivity contribution in [3.05, 3.63) is 41.9 Å². The summed E-state index contributed by atoms with van der Waals surface area (Å²) in [6.07, 6.45) is 1.41. The minimum atomic E-state index is -0.727. The van der Waals surface area contributed by atoms with Crippen LogP contribution in [0.3, 0.4) is 0 Å². The van der Waals surface area contributed by atoms with Gasteiger partial charge in [0.15, 0.2) is 0 Å². The Morgan fingerprint density at radius 3 is 2.75 bits per heavy atom. The second-order valence-electron chi connectivity index (χ2n) is 3.29. The van der Waals surface area contributed by atoms with Crippen LogP contribution in [0.15, 0.2) is 24.5 Å². The molecule has 0 amide bonds. The molecule has 0 N–H and O–H groups in total. The third-order valence-corrected chi connectivity index (χ3v) is 2.23. The number of halogens is 2. The molecule has 0 aliphatic carbocycles. The topological polar surface area (TPSA) is 41.6 Å². The van der Waals surface area contributed by atoms with Crippen LogP contribution in [0.2, 0.25) is 0 Å². The van der Waals surface area contributed by atoms with Crippen molar-refractivity contribution in [3.63, 3.8) is 0 Å². The number of aromatic nitrogens is 2. The summed E-state index contributed by atoms with van der Waals surface area (Å²) in [6, 6.07) is 5.10. The predicted octanol–water partition coefficient (Wildman–Crippen LogP) is 2.24. The first-order valence-corrected chi connectivity index (χ1v) is 4.50. The van der Waals surface area contributed by atoms with Crippen LogP contribution in [0.25, 0.3) is 11.3 Å². The minimum Gasteiger partial charge on any atom is -0.325 e. The van der Waals surface area contributed by atoms with Crippen LogP contribution in [-0.2, 0) is 7.05 Å². The first-order valence-electron chi connectivity index (χ1n) is 4.50. The normalized spacial score (nSPS) is 10.1. The molecule has 1 aromatic carbocycles. The maximum Gasteiger partial charge on any atom is 0.147 e. The number of imidazole rings is 1. The molecule has 0 atom stereocenters. The molecule has 0 aliphatic heterocycles. The van der Waals surface area contributed by atoms with Crippen molar-refractivity contribution in [3.8, 4) is 17.3 Å². The third kappa shape index (κ3) is 1.54. The van der Waals surface area contributed by atoms with E-state index in [2.05, 4.69) is 4.98 Å². The smallest absolute Gasteiger partial charge is 0.147 e. The van der Waals surface area contributed by atoms with Crippen molar-refractivity contribution in [2.75, 3.05) is 0 Å². The van der Waals surface area contributed by atoms with Gasteiger partial charge in [0.25, 0.3) is 0 Å². The van der Waals surface area contributed by atoms with E-state index < -0.39 is 11.6 Å². The molecule has 5 heteroatoms. The highest BCUT2D eigenvalue weighted by Crippen LogP contribution is 2.24. The van der Waals surface area contributed by atoms with E-state index in [1.807, 2.05) is 6.07 Å². The van der Waals surface area contributed by atoms with Gasteiger partial charge in [-0.3, -0.25) is 0 Å². The molecule has 3 nitrogen and oxygen atoms in total. The highest BCUT2D eigenvalue weighted by Gasteiger charge is 2.14. The van der Waals surface area contributed by atoms with E-state index in [1.54, 1.807) is 7.05 Å². The summed E-state index contributed by atoms with van der Waals surface area (Å²) in [4.78, 5) is 3.93. The van der Waals surface area contributed by atoms with Gasteiger partial charge in [-0.15, -0.1) is 0 Å². The average Bonchev–Trinajstić information content (AvgIpc) is 2.59. The van der Waals surface area contributed by atoms with Crippen molar-refractivity contribution in [2.45, 2.75) is 0 Å². The van der Waals surface area contributed by atoms with Gasteiger partial charge in [0.1, 0.15) is 29.1 Å². The van der Waals surface area contributed by atoms with Gasteiger partial charge in [0, 0.05) is 18.7 Å². The van der Waals surface area contributed by atoms with Crippen molar-refractivity contribution >= 4 is 0 Å². The molecule has 0 bridgehead atoms. The van der Waals surface area contributed by atoms with Gasteiger partial charge < -0.3 is 4.57 Å². The average molecular weight is 219 g/mol. The molecule has 0 saturated heterocycles. The SMILES string of the molecule is Cn1cnc(-c2ccc(F)cc2F)c1C#N. The van der Waals surface area contributed by atoms with Gasteiger partial charge in [-0.1, -0.05) is 0 Å². The van der Waals surface area contributed by atoms with Crippen LogP contribution in [0, 0.1) is 23.0 Å². The Balaban J connectivity index is 2.64. The summed E-state index contributed by atoms with van der Waals surface area (Å²) < 4.78 is 27.7. The standard InChI is InChI=1S/C11H7F2N3/c1-16-6-15-11(10(16)5-14)8-3-2-7(12)4-9(8)13/h2-4,6H,1H3. The first kappa shape index (κ1) is 10.3. The van der Waals surface area contributed by atoms with E-state index in [0.29, 0.717) is 0 Å². The summed E-state index contributed by atoms with van der Waals surface area (Å²) >= 11 is 0. The lowest BCUT2D eigenvalue weighted by Gasteiger charge is -2.00. The first-order chi connectivity index (χ1) is 7.63. The van der Waals surface area contributed by atoms with Crippen LogP contribution in [-0.4, -0.2) is 9.55 Å². The lowest BCUT2D eigenvalue weighted by atomic mass is 10.1. The Hall–Kier alpha value is -2.22. The molecule has 0 fully saturated rings.